The molecule has 0 spiro atoms. The Morgan fingerprint density at radius 2 is 0.906 bits per heavy atom. The van der Waals surface area contributed by atoms with E-state index in [9.17, 15) is 16.8 Å². The second-order valence-corrected chi connectivity index (χ2v) is 11.0. The van der Waals surface area contributed by atoms with Crippen molar-refractivity contribution in [1.29, 1.82) is 0 Å². The van der Waals surface area contributed by atoms with E-state index in [1.54, 1.807) is 62.4 Å². The van der Waals surface area contributed by atoms with Crippen LogP contribution in [0.1, 0.15) is 25.0 Å². The van der Waals surface area contributed by atoms with Gasteiger partial charge in [0.05, 0.1) is 9.79 Å². The van der Waals surface area contributed by atoms with Crippen LogP contribution in [0.15, 0.2) is 67.1 Å². The van der Waals surface area contributed by atoms with Crippen LogP contribution in [0.5, 0.6) is 0 Å². The number of sulfonamides is 2. The van der Waals surface area contributed by atoms with Gasteiger partial charge in [0.15, 0.2) is 0 Å². The molecule has 32 heavy (non-hydrogen) atoms. The van der Waals surface area contributed by atoms with E-state index in [0.29, 0.717) is 37.9 Å². The second kappa shape index (κ2) is 9.41. The molecule has 0 unspecified atom stereocenters. The highest BCUT2D eigenvalue weighted by Gasteiger charge is 2.22. The average molecular weight is 477 g/mol. The van der Waals surface area contributed by atoms with Gasteiger partial charge < -0.3 is 9.80 Å². The van der Waals surface area contributed by atoms with Crippen LogP contribution in [0.4, 0.5) is 0 Å². The fourth-order valence-corrected chi connectivity index (χ4v) is 5.44. The highest BCUT2D eigenvalue weighted by Crippen LogP contribution is 2.16. The van der Waals surface area contributed by atoms with Crippen LogP contribution in [0.25, 0.3) is 0 Å². The molecule has 8 nitrogen and oxygen atoms in total. The summed E-state index contributed by atoms with van der Waals surface area (Å²) < 4.78 is 58.2. The first-order valence-electron chi connectivity index (χ1n) is 10.2. The summed E-state index contributed by atoms with van der Waals surface area (Å²) in [5.74, 6) is 0.819. The summed E-state index contributed by atoms with van der Waals surface area (Å²) >= 11 is 0. The first-order chi connectivity index (χ1) is 15.0. The lowest BCUT2D eigenvalue weighted by Crippen LogP contribution is -2.49. The number of amidine groups is 2. The quantitative estimate of drug-likeness (QED) is 0.497. The summed E-state index contributed by atoms with van der Waals surface area (Å²) in [5.41, 5.74) is 1.95. The Balaban J connectivity index is 1.67. The molecule has 0 atom stereocenters. The van der Waals surface area contributed by atoms with Gasteiger partial charge in [0.25, 0.3) is 20.0 Å². The molecule has 172 valence electrons. The van der Waals surface area contributed by atoms with Crippen LogP contribution in [0, 0.1) is 13.8 Å². The van der Waals surface area contributed by atoms with Gasteiger partial charge in [0, 0.05) is 26.2 Å². The predicted octanol–water partition coefficient (Wildman–Crippen LogP) is 2.84. The first-order valence-corrected chi connectivity index (χ1v) is 13.1. The van der Waals surface area contributed by atoms with Crippen LogP contribution in [0.3, 0.4) is 0 Å². The summed E-state index contributed by atoms with van der Waals surface area (Å²) in [4.78, 5) is 4.07. The number of benzene rings is 2. The maximum absolute atomic E-state index is 12.6. The van der Waals surface area contributed by atoms with Gasteiger partial charge in [-0.3, -0.25) is 0 Å². The van der Waals surface area contributed by atoms with Crippen molar-refractivity contribution in [2.75, 3.05) is 26.2 Å². The molecule has 0 amide bonds. The molecule has 0 bridgehead atoms. The lowest BCUT2D eigenvalue weighted by atomic mass is 10.2. The van der Waals surface area contributed by atoms with E-state index in [1.807, 2.05) is 23.6 Å². The number of rotatable bonds is 4. The zero-order valence-corrected chi connectivity index (χ0v) is 20.3. The van der Waals surface area contributed by atoms with Crippen molar-refractivity contribution in [3.05, 3.63) is 59.7 Å². The smallest absolute Gasteiger partial charge is 0.283 e. The van der Waals surface area contributed by atoms with E-state index in [1.165, 1.54) is 0 Å². The maximum Gasteiger partial charge on any atom is 0.283 e. The van der Waals surface area contributed by atoms with Gasteiger partial charge in [-0.05, 0) is 52.0 Å². The summed E-state index contributed by atoms with van der Waals surface area (Å²) in [6.45, 7) is 9.16. The number of hydrogen-bond acceptors (Lipinski definition) is 4. The van der Waals surface area contributed by atoms with E-state index in [0.717, 1.165) is 11.1 Å². The molecule has 1 aliphatic rings. The van der Waals surface area contributed by atoms with Crippen LogP contribution < -0.4 is 0 Å². The van der Waals surface area contributed by atoms with E-state index >= 15 is 0 Å². The van der Waals surface area contributed by atoms with Gasteiger partial charge in [-0.25, -0.2) is 0 Å². The molecule has 10 heteroatoms. The minimum atomic E-state index is -3.78. The van der Waals surface area contributed by atoms with E-state index < -0.39 is 20.0 Å². The molecule has 2 aromatic rings. The minimum Gasteiger partial charge on any atom is -0.356 e. The lowest BCUT2D eigenvalue weighted by Gasteiger charge is -2.36. The fraction of sp³-hybridized carbons (Fsp3) is 0.364. The number of hydrogen-bond donors (Lipinski definition) is 0. The maximum atomic E-state index is 12.6. The van der Waals surface area contributed by atoms with Gasteiger partial charge in [0.1, 0.15) is 11.7 Å². The third-order valence-electron chi connectivity index (χ3n) is 5.34. The Labute approximate surface area is 190 Å². The molecule has 0 N–H and O–H groups in total. The van der Waals surface area contributed by atoms with Gasteiger partial charge in [-0.15, -0.1) is 8.80 Å². The van der Waals surface area contributed by atoms with Gasteiger partial charge in [-0.2, -0.15) is 16.8 Å². The molecular formula is C22H28N4O4S2. The largest absolute Gasteiger partial charge is 0.356 e. The number of nitrogens with zero attached hydrogens (tertiary/aromatic N) is 4. The van der Waals surface area contributed by atoms with Crippen molar-refractivity contribution in [2.45, 2.75) is 37.5 Å². The topological polar surface area (TPSA) is 99.5 Å². The Morgan fingerprint density at radius 3 is 1.19 bits per heavy atom. The first kappa shape index (κ1) is 23.9. The average Bonchev–Trinajstić information content (AvgIpc) is 2.74. The molecule has 0 aromatic heterocycles. The van der Waals surface area contributed by atoms with E-state index in [2.05, 4.69) is 8.80 Å². The monoisotopic (exact) mass is 476 g/mol. The summed E-state index contributed by atoms with van der Waals surface area (Å²) in [6.07, 6.45) is 0. The van der Waals surface area contributed by atoms with Gasteiger partial charge >= 0.3 is 0 Å². The Bertz CT molecular complexity index is 1130. The molecule has 2 aromatic carbocycles. The third kappa shape index (κ3) is 5.74. The van der Waals surface area contributed by atoms with Gasteiger partial charge in [0.2, 0.25) is 0 Å². The molecule has 3 rings (SSSR count). The minimum absolute atomic E-state index is 0.158. The normalized spacial score (nSPS) is 16.4. The van der Waals surface area contributed by atoms with Crippen molar-refractivity contribution in [3.8, 4) is 0 Å². The van der Waals surface area contributed by atoms with Crippen molar-refractivity contribution in [3.63, 3.8) is 0 Å². The zero-order valence-electron chi connectivity index (χ0n) is 18.7. The Kier molecular flexibility index (Phi) is 7.04. The van der Waals surface area contributed by atoms with Crippen molar-refractivity contribution in [2.24, 2.45) is 8.80 Å². The van der Waals surface area contributed by atoms with Gasteiger partial charge in [-0.1, -0.05) is 35.4 Å². The Hall–Kier alpha value is -2.72. The number of piperazine rings is 1. The molecular weight excluding hydrogens is 448 g/mol. The van der Waals surface area contributed by atoms with Crippen molar-refractivity contribution < 1.29 is 16.8 Å². The fourth-order valence-electron chi connectivity index (χ4n) is 3.34. The summed E-state index contributed by atoms with van der Waals surface area (Å²) in [6, 6.07) is 13.2. The second-order valence-electron chi connectivity index (χ2n) is 7.83. The summed E-state index contributed by atoms with van der Waals surface area (Å²) in [5, 5.41) is 0. The lowest BCUT2D eigenvalue weighted by molar-refractivity contribution is 0.257. The van der Waals surface area contributed by atoms with E-state index in [4.69, 9.17) is 0 Å². The predicted molar refractivity (Wildman–Crippen MR) is 126 cm³/mol. The SMILES string of the molecule is C/C(=N\S(=O)(=O)c1ccc(C)cc1)N1CCN(/C(C)=N/S(=O)(=O)c2ccc(C)cc2)CC1. The Morgan fingerprint density at radius 1 is 0.625 bits per heavy atom. The molecule has 1 heterocycles. The molecule has 1 aliphatic heterocycles. The van der Waals surface area contributed by atoms with E-state index in [-0.39, 0.29) is 9.79 Å². The molecule has 1 fully saturated rings. The van der Waals surface area contributed by atoms with Crippen molar-refractivity contribution >= 4 is 31.7 Å². The molecule has 0 aliphatic carbocycles. The highest BCUT2D eigenvalue weighted by atomic mass is 32.2. The molecule has 1 saturated heterocycles. The summed E-state index contributed by atoms with van der Waals surface area (Å²) in [7, 11) is -7.57. The molecule has 0 radical (unpaired) electrons. The van der Waals surface area contributed by atoms with Crippen LogP contribution in [-0.2, 0) is 20.0 Å². The van der Waals surface area contributed by atoms with Crippen LogP contribution in [0.2, 0.25) is 0 Å². The third-order valence-corrected chi connectivity index (χ3v) is 8.08. The number of aryl methyl sites for hydroxylation is 2. The zero-order chi connectivity index (χ0) is 23.5. The van der Waals surface area contributed by atoms with Crippen LogP contribution in [-0.4, -0.2) is 64.5 Å². The molecule has 0 saturated carbocycles. The van der Waals surface area contributed by atoms with Crippen LogP contribution >= 0.6 is 0 Å². The standard InChI is InChI=1S/C22H28N4O4S2/c1-17-5-9-21(10-6-17)31(27,28)23-19(3)25-13-15-26(16-14-25)20(4)24-32(29,30)22-11-7-18(2)8-12-22/h5-12H,13-16H2,1-4H3/b23-19+,24-20+. The van der Waals surface area contributed by atoms with Crippen molar-refractivity contribution in [1.82, 2.24) is 9.80 Å². The highest BCUT2D eigenvalue weighted by molar-refractivity contribution is 7.90.